The number of ether oxygens (including phenoxy) is 1. The van der Waals surface area contributed by atoms with Crippen molar-refractivity contribution in [1.82, 2.24) is 10.2 Å². The summed E-state index contributed by atoms with van der Waals surface area (Å²) in [7, 11) is 1.60. The Morgan fingerprint density at radius 2 is 1.96 bits per heavy atom. The Kier molecular flexibility index (Phi) is 6.70. The van der Waals surface area contributed by atoms with Crippen LogP contribution in [-0.2, 0) is 9.53 Å². The van der Waals surface area contributed by atoms with Gasteiger partial charge in [-0.15, -0.1) is 0 Å². The molecular weight excluding hydrogens is 376 g/mol. The highest BCUT2D eigenvalue weighted by molar-refractivity contribution is 6.30. The Balaban J connectivity index is 1.84. The molecule has 0 aliphatic carbocycles. The van der Waals surface area contributed by atoms with Gasteiger partial charge >= 0.3 is 0 Å². The number of aryl methyl sites for hydroxylation is 1. The minimum Gasteiger partial charge on any atom is -0.383 e. The zero-order chi connectivity index (χ0) is 20.1. The standard InChI is InChI=1S/C22H25ClN2O3/c1-15-6-3-4-9-18(15)19-13-25(14-20(19)21(26)24-10-11-28-2)22(27)16-7-5-8-17(23)12-16/h3-9,12,19-20H,10-11,13-14H2,1-2H3,(H,24,26)/t19-,20+/m0/s1. The van der Waals surface area contributed by atoms with Gasteiger partial charge in [0.1, 0.15) is 0 Å². The summed E-state index contributed by atoms with van der Waals surface area (Å²) in [5.74, 6) is -0.507. The molecule has 0 spiro atoms. The van der Waals surface area contributed by atoms with Gasteiger partial charge in [0, 0.05) is 43.2 Å². The van der Waals surface area contributed by atoms with Gasteiger partial charge in [-0.3, -0.25) is 9.59 Å². The molecular formula is C22H25ClN2O3. The van der Waals surface area contributed by atoms with Crippen molar-refractivity contribution < 1.29 is 14.3 Å². The number of amides is 2. The maximum absolute atomic E-state index is 13.0. The van der Waals surface area contributed by atoms with E-state index in [4.69, 9.17) is 16.3 Å². The van der Waals surface area contributed by atoms with E-state index in [9.17, 15) is 9.59 Å². The maximum atomic E-state index is 13.0. The third-order valence-corrected chi connectivity index (χ3v) is 5.44. The number of benzene rings is 2. The highest BCUT2D eigenvalue weighted by Gasteiger charge is 2.40. The van der Waals surface area contributed by atoms with E-state index in [-0.39, 0.29) is 23.7 Å². The Hall–Kier alpha value is -2.37. The van der Waals surface area contributed by atoms with Crippen molar-refractivity contribution in [1.29, 1.82) is 0 Å². The minimum absolute atomic E-state index is 0.0492. The van der Waals surface area contributed by atoms with E-state index in [2.05, 4.69) is 5.32 Å². The Labute approximate surface area is 170 Å². The summed E-state index contributed by atoms with van der Waals surface area (Å²) in [5.41, 5.74) is 2.77. The number of carbonyl (C=O) groups is 2. The molecule has 2 aromatic carbocycles. The third kappa shape index (κ3) is 4.54. The average molecular weight is 401 g/mol. The highest BCUT2D eigenvalue weighted by Crippen LogP contribution is 2.35. The van der Waals surface area contributed by atoms with Gasteiger partial charge in [-0.05, 0) is 36.2 Å². The van der Waals surface area contributed by atoms with Crippen LogP contribution in [0.5, 0.6) is 0 Å². The Morgan fingerprint density at radius 3 is 2.68 bits per heavy atom. The van der Waals surface area contributed by atoms with Crippen LogP contribution in [0.3, 0.4) is 0 Å². The molecule has 0 unspecified atom stereocenters. The summed E-state index contributed by atoms with van der Waals surface area (Å²) in [6.07, 6.45) is 0. The Bertz CT molecular complexity index is 855. The molecule has 1 N–H and O–H groups in total. The van der Waals surface area contributed by atoms with Gasteiger partial charge in [0.15, 0.2) is 0 Å². The minimum atomic E-state index is -0.305. The van der Waals surface area contributed by atoms with E-state index in [1.807, 2.05) is 31.2 Å². The van der Waals surface area contributed by atoms with Crippen LogP contribution in [0, 0.1) is 12.8 Å². The smallest absolute Gasteiger partial charge is 0.253 e. The summed E-state index contributed by atoms with van der Waals surface area (Å²) in [6, 6.07) is 15.0. The molecule has 1 fully saturated rings. The molecule has 0 radical (unpaired) electrons. The van der Waals surface area contributed by atoms with Crippen molar-refractivity contribution in [2.75, 3.05) is 33.4 Å². The van der Waals surface area contributed by atoms with Crippen LogP contribution in [0.4, 0.5) is 0 Å². The maximum Gasteiger partial charge on any atom is 0.253 e. The third-order valence-electron chi connectivity index (χ3n) is 5.21. The lowest BCUT2D eigenvalue weighted by Crippen LogP contribution is -2.37. The molecule has 6 heteroatoms. The van der Waals surface area contributed by atoms with Gasteiger partial charge in [-0.2, -0.15) is 0 Å². The zero-order valence-corrected chi connectivity index (χ0v) is 16.9. The molecule has 1 aliphatic heterocycles. The number of hydrogen-bond acceptors (Lipinski definition) is 3. The number of nitrogens with one attached hydrogen (secondary N) is 1. The summed E-state index contributed by atoms with van der Waals surface area (Å²) >= 11 is 6.04. The molecule has 5 nitrogen and oxygen atoms in total. The van der Waals surface area contributed by atoms with Gasteiger partial charge < -0.3 is 15.0 Å². The van der Waals surface area contributed by atoms with Crippen LogP contribution >= 0.6 is 11.6 Å². The van der Waals surface area contributed by atoms with Crippen molar-refractivity contribution in [3.63, 3.8) is 0 Å². The zero-order valence-electron chi connectivity index (χ0n) is 16.2. The molecule has 0 aromatic heterocycles. The number of carbonyl (C=O) groups excluding carboxylic acids is 2. The predicted octanol–water partition coefficient (Wildman–Crippen LogP) is 3.27. The van der Waals surface area contributed by atoms with Crippen LogP contribution in [0.15, 0.2) is 48.5 Å². The first-order valence-corrected chi connectivity index (χ1v) is 9.76. The van der Waals surface area contributed by atoms with E-state index < -0.39 is 0 Å². The number of hydrogen-bond donors (Lipinski definition) is 1. The van der Waals surface area contributed by atoms with E-state index in [0.717, 1.165) is 11.1 Å². The molecule has 1 heterocycles. The van der Waals surface area contributed by atoms with Crippen molar-refractivity contribution in [2.24, 2.45) is 5.92 Å². The monoisotopic (exact) mass is 400 g/mol. The topological polar surface area (TPSA) is 58.6 Å². The first kappa shape index (κ1) is 20.4. The van der Waals surface area contributed by atoms with Gasteiger partial charge in [-0.1, -0.05) is 41.9 Å². The SMILES string of the molecule is COCCNC(=O)[C@@H]1CN(C(=O)c2cccc(Cl)c2)C[C@H]1c1ccccc1C. The number of rotatable bonds is 6. The fourth-order valence-electron chi connectivity index (χ4n) is 3.76. The lowest BCUT2D eigenvalue weighted by atomic mass is 9.86. The summed E-state index contributed by atoms with van der Waals surface area (Å²) in [6.45, 7) is 3.83. The van der Waals surface area contributed by atoms with E-state index in [0.29, 0.717) is 36.8 Å². The molecule has 0 bridgehead atoms. The number of halogens is 1. The molecule has 3 rings (SSSR count). The van der Waals surface area contributed by atoms with Gasteiger partial charge in [0.05, 0.1) is 12.5 Å². The second-order valence-corrected chi connectivity index (χ2v) is 7.51. The van der Waals surface area contributed by atoms with E-state index >= 15 is 0 Å². The van der Waals surface area contributed by atoms with Crippen LogP contribution in [-0.4, -0.2) is 50.1 Å². The fourth-order valence-corrected chi connectivity index (χ4v) is 3.96. The normalized spacial score (nSPS) is 18.9. The Morgan fingerprint density at radius 1 is 1.18 bits per heavy atom. The van der Waals surface area contributed by atoms with E-state index in [1.165, 1.54) is 0 Å². The van der Waals surface area contributed by atoms with Crippen LogP contribution in [0.25, 0.3) is 0 Å². The highest BCUT2D eigenvalue weighted by atomic mass is 35.5. The molecule has 0 saturated carbocycles. The second-order valence-electron chi connectivity index (χ2n) is 7.07. The molecule has 2 aromatic rings. The lowest BCUT2D eigenvalue weighted by Gasteiger charge is -2.19. The van der Waals surface area contributed by atoms with Crippen LogP contribution < -0.4 is 5.32 Å². The van der Waals surface area contributed by atoms with Crippen LogP contribution in [0.1, 0.15) is 27.4 Å². The van der Waals surface area contributed by atoms with Gasteiger partial charge in [0.25, 0.3) is 5.91 Å². The molecule has 1 saturated heterocycles. The van der Waals surface area contributed by atoms with E-state index in [1.54, 1.807) is 36.3 Å². The number of likely N-dealkylation sites (tertiary alicyclic amines) is 1. The van der Waals surface area contributed by atoms with Crippen LogP contribution in [0.2, 0.25) is 5.02 Å². The number of nitrogens with zero attached hydrogens (tertiary/aromatic N) is 1. The summed E-state index contributed by atoms with van der Waals surface area (Å²) in [4.78, 5) is 27.6. The van der Waals surface area contributed by atoms with Crippen molar-refractivity contribution >= 4 is 23.4 Å². The first-order chi connectivity index (χ1) is 13.5. The largest absolute Gasteiger partial charge is 0.383 e. The molecule has 1 aliphatic rings. The summed E-state index contributed by atoms with van der Waals surface area (Å²) in [5, 5.41) is 3.45. The second kappa shape index (κ2) is 9.22. The first-order valence-electron chi connectivity index (χ1n) is 9.38. The molecule has 2 amide bonds. The van der Waals surface area contributed by atoms with Gasteiger partial charge in [-0.25, -0.2) is 0 Å². The van der Waals surface area contributed by atoms with Crippen molar-refractivity contribution in [3.8, 4) is 0 Å². The average Bonchev–Trinajstić information content (AvgIpc) is 3.13. The molecule has 28 heavy (non-hydrogen) atoms. The van der Waals surface area contributed by atoms with Crippen molar-refractivity contribution in [2.45, 2.75) is 12.8 Å². The fraction of sp³-hybridized carbons (Fsp3) is 0.364. The predicted molar refractivity (Wildman–Crippen MR) is 110 cm³/mol. The van der Waals surface area contributed by atoms with Gasteiger partial charge in [0.2, 0.25) is 5.91 Å². The van der Waals surface area contributed by atoms with Crippen molar-refractivity contribution in [3.05, 3.63) is 70.2 Å². The molecule has 148 valence electrons. The number of methoxy groups -OCH3 is 1. The summed E-state index contributed by atoms with van der Waals surface area (Å²) < 4.78 is 5.02. The quantitative estimate of drug-likeness (QED) is 0.757. The molecule has 2 atom stereocenters. The lowest BCUT2D eigenvalue weighted by molar-refractivity contribution is -0.125.